The molecule has 0 aliphatic heterocycles. The van der Waals surface area contributed by atoms with Crippen molar-refractivity contribution >= 4 is 34.5 Å². The number of aryl methyl sites for hydroxylation is 2. The lowest BCUT2D eigenvalue weighted by molar-refractivity contribution is 0.0973. The summed E-state index contributed by atoms with van der Waals surface area (Å²) in [5, 5.41) is 5.98. The van der Waals surface area contributed by atoms with Gasteiger partial charge in [-0.05, 0) is 78.6 Å². The first-order valence-corrected chi connectivity index (χ1v) is 12.2. The van der Waals surface area contributed by atoms with Gasteiger partial charge in [0, 0.05) is 33.3 Å². The third kappa shape index (κ3) is 4.09. The van der Waals surface area contributed by atoms with E-state index < -0.39 is 0 Å². The molecule has 168 valence electrons. The van der Waals surface area contributed by atoms with Crippen molar-refractivity contribution in [3.63, 3.8) is 0 Å². The third-order valence-corrected chi connectivity index (χ3v) is 7.13. The maximum atomic E-state index is 13.5. The number of benzene rings is 2. The van der Waals surface area contributed by atoms with E-state index in [1.807, 2.05) is 35.7 Å². The van der Waals surface area contributed by atoms with Crippen molar-refractivity contribution in [3.05, 3.63) is 92.7 Å². The Morgan fingerprint density at radius 3 is 2.55 bits per heavy atom. The van der Waals surface area contributed by atoms with E-state index in [1.165, 1.54) is 11.1 Å². The molecule has 0 amide bonds. The Morgan fingerprint density at radius 1 is 1.09 bits per heavy atom. The highest BCUT2D eigenvalue weighted by Gasteiger charge is 2.26. The van der Waals surface area contributed by atoms with E-state index in [0.717, 1.165) is 46.4 Å². The average molecular weight is 477 g/mol. The molecule has 0 saturated carbocycles. The van der Waals surface area contributed by atoms with Gasteiger partial charge in [0.2, 0.25) is 0 Å². The third-order valence-electron chi connectivity index (χ3n) is 6.69. The van der Waals surface area contributed by atoms with Crippen LogP contribution in [0.4, 0.5) is 0 Å². The van der Waals surface area contributed by atoms with Gasteiger partial charge >= 0.3 is 0 Å². The SMILES string of the molecule is Cc1nn2c(C(C)C)cc(C(=O)C[C@H]3CCc4ccccc43)cc2c1-c1cc(Cl)cc(Cl)c1. The highest BCUT2D eigenvalue weighted by Crippen LogP contribution is 2.38. The number of hydrogen-bond donors (Lipinski definition) is 0. The van der Waals surface area contributed by atoms with Gasteiger partial charge < -0.3 is 0 Å². The van der Waals surface area contributed by atoms with Crippen molar-refractivity contribution in [2.24, 2.45) is 0 Å². The second-order valence-electron chi connectivity index (χ2n) is 9.30. The number of pyridine rings is 1. The van der Waals surface area contributed by atoms with E-state index >= 15 is 0 Å². The highest BCUT2D eigenvalue weighted by atomic mass is 35.5. The molecule has 0 saturated heterocycles. The minimum atomic E-state index is 0.176. The molecule has 0 bridgehead atoms. The van der Waals surface area contributed by atoms with Gasteiger partial charge in [0.05, 0.1) is 11.2 Å². The zero-order valence-electron chi connectivity index (χ0n) is 19.0. The lowest BCUT2D eigenvalue weighted by atomic mass is 9.92. The van der Waals surface area contributed by atoms with E-state index in [4.69, 9.17) is 28.3 Å². The molecule has 0 N–H and O–H groups in total. The molecule has 2 aromatic heterocycles. The van der Waals surface area contributed by atoms with Crippen LogP contribution >= 0.6 is 23.2 Å². The topological polar surface area (TPSA) is 34.4 Å². The highest BCUT2D eigenvalue weighted by molar-refractivity contribution is 6.35. The minimum absolute atomic E-state index is 0.176. The summed E-state index contributed by atoms with van der Waals surface area (Å²) < 4.78 is 1.96. The van der Waals surface area contributed by atoms with Crippen LogP contribution in [-0.4, -0.2) is 15.4 Å². The molecule has 2 aromatic carbocycles. The number of carbonyl (C=O) groups is 1. The Hall–Kier alpha value is -2.62. The lowest BCUT2D eigenvalue weighted by Crippen LogP contribution is -2.09. The average Bonchev–Trinajstić information content (AvgIpc) is 3.32. The van der Waals surface area contributed by atoms with E-state index in [-0.39, 0.29) is 17.6 Å². The quantitative estimate of drug-likeness (QED) is 0.273. The monoisotopic (exact) mass is 476 g/mol. The minimum Gasteiger partial charge on any atom is -0.294 e. The summed E-state index contributed by atoms with van der Waals surface area (Å²) in [7, 11) is 0. The molecule has 5 heteroatoms. The molecule has 0 radical (unpaired) electrons. The Balaban J connectivity index is 1.61. The van der Waals surface area contributed by atoms with Crippen LogP contribution in [0.5, 0.6) is 0 Å². The molecule has 0 unspecified atom stereocenters. The number of nitrogens with zero attached hydrogens (tertiary/aromatic N) is 2. The second kappa shape index (κ2) is 8.62. The number of Topliss-reactive ketones (excluding diaryl/α,β-unsaturated/α-hetero) is 1. The van der Waals surface area contributed by atoms with Gasteiger partial charge in [-0.25, -0.2) is 4.52 Å². The summed E-state index contributed by atoms with van der Waals surface area (Å²) in [5.74, 6) is 0.669. The van der Waals surface area contributed by atoms with Crippen LogP contribution in [-0.2, 0) is 6.42 Å². The zero-order chi connectivity index (χ0) is 23.3. The predicted molar refractivity (Wildman–Crippen MR) is 136 cm³/mol. The number of rotatable bonds is 5. The maximum absolute atomic E-state index is 13.5. The van der Waals surface area contributed by atoms with Gasteiger partial charge in [0.15, 0.2) is 5.78 Å². The number of fused-ring (bicyclic) bond motifs is 2. The van der Waals surface area contributed by atoms with Crippen LogP contribution in [0.25, 0.3) is 16.6 Å². The van der Waals surface area contributed by atoms with Crippen LogP contribution in [0.2, 0.25) is 10.0 Å². The van der Waals surface area contributed by atoms with Crippen molar-refractivity contribution < 1.29 is 4.79 Å². The molecule has 1 aliphatic carbocycles. The summed E-state index contributed by atoms with van der Waals surface area (Å²) in [4.78, 5) is 13.5. The molecule has 1 aliphatic rings. The van der Waals surface area contributed by atoms with Crippen molar-refractivity contribution in [2.45, 2.75) is 51.9 Å². The number of hydrogen-bond acceptors (Lipinski definition) is 2. The molecule has 3 nitrogen and oxygen atoms in total. The van der Waals surface area contributed by atoms with Crippen molar-refractivity contribution in [2.75, 3.05) is 0 Å². The smallest absolute Gasteiger partial charge is 0.163 e. The van der Waals surface area contributed by atoms with E-state index in [1.54, 1.807) is 6.07 Å². The van der Waals surface area contributed by atoms with Crippen LogP contribution in [0.15, 0.2) is 54.6 Å². The van der Waals surface area contributed by atoms with E-state index in [2.05, 4.69) is 38.1 Å². The van der Waals surface area contributed by atoms with E-state index in [0.29, 0.717) is 16.5 Å². The second-order valence-corrected chi connectivity index (χ2v) is 10.2. The number of carbonyl (C=O) groups excluding carboxylic acids is 1. The molecule has 5 rings (SSSR count). The first kappa shape index (κ1) is 22.2. The Labute approximate surface area is 204 Å². The van der Waals surface area contributed by atoms with Crippen LogP contribution in [0.3, 0.4) is 0 Å². The summed E-state index contributed by atoms with van der Waals surface area (Å²) >= 11 is 12.6. The number of ketones is 1. The summed E-state index contributed by atoms with van der Waals surface area (Å²) in [6.45, 7) is 6.24. The van der Waals surface area contributed by atoms with E-state index in [9.17, 15) is 4.79 Å². The number of halogens is 2. The van der Waals surface area contributed by atoms with Gasteiger partial charge in [0.25, 0.3) is 0 Å². The van der Waals surface area contributed by atoms with Gasteiger partial charge in [-0.3, -0.25) is 4.79 Å². The lowest BCUT2D eigenvalue weighted by Gasteiger charge is -2.14. The van der Waals surface area contributed by atoms with Crippen molar-refractivity contribution in [3.8, 4) is 11.1 Å². The van der Waals surface area contributed by atoms with Crippen molar-refractivity contribution in [1.82, 2.24) is 9.61 Å². The Morgan fingerprint density at radius 2 is 1.82 bits per heavy atom. The van der Waals surface area contributed by atoms with Crippen LogP contribution in [0.1, 0.15) is 71.4 Å². The largest absolute Gasteiger partial charge is 0.294 e. The molecule has 2 heterocycles. The van der Waals surface area contributed by atoms with Crippen LogP contribution in [0, 0.1) is 6.92 Å². The molecule has 0 spiro atoms. The fourth-order valence-electron chi connectivity index (χ4n) is 5.11. The molecular formula is C28H26Cl2N2O. The number of aromatic nitrogens is 2. The normalized spacial score (nSPS) is 15.4. The van der Waals surface area contributed by atoms with Gasteiger partial charge in [-0.2, -0.15) is 5.10 Å². The molecule has 0 fully saturated rings. The molecular weight excluding hydrogens is 451 g/mol. The standard InChI is InChI=1S/C28H26Cl2N2O/c1-16(2)25-12-20(27(33)14-19-9-8-18-6-4-5-7-24(18)19)13-26-28(17(3)31-32(25)26)21-10-22(29)15-23(30)11-21/h4-7,10-13,15-16,19H,8-9,14H2,1-3H3/t19-/m1/s1. The fraction of sp³-hybridized carbons (Fsp3) is 0.286. The summed E-state index contributed by atoms with van der Waals surface area (Å²) in [5.41, 5.74) is 8.11. The Bertz CT molecular complexity index is 1370. The summed E-state index contributed by atoms with van der Waals surface area (Å²) in [6.07, 6.45) is 2.60. The Kier molecular flexibility index (Phi) is 5.80. The fourth-order valence-corrected chi connectivity index (χ4v) is 5.64. The van der Waals surface area contributed by atoms with Gasteiger partial charge in [-0.15, -0.1) is 0 Å². The van der Waals surface area contributed by atoms with Crippen molar-refractivity contribution in [1.29, 1.82) is 0 Å². The summed E-state index contributed by atoms with van der Waals surface area (Å²) in [6, 6.07) is 18.0. The zero-order valence-corrected chi connectivity index (χ0v) is 20.5. The molecule has 4 aromatic rings. The molecule has 1 atom stereocenters. The first-order chi connectivity index (χ1) is 15.8. The molecule has 33 heavy (non-hydrogen) atoms. The van der Waals surface area contributed by atoms with Gasteiger partial charge in [-0.1, -0.05) is 61.3 Å². The van der Waals surface area contributed by atoms with Crippen LogP contribution < -0.4 is 0 Å². The first-order valence-electron chi connectivity index (χ1n) is 11.4. The maximum Gasteiger partial charge on any atom is 0.163 e. The predicted octanol–water partition coefficient (Wildman–Crippen LogP) is 8.04. The van der Waals surface area contributed by atoms with Gasteiger partial charge in [0.1, 0.15) is 0 Å².